The maximum Gasteiger partial charge on any atom is 0.694 e. The second kappa shape index (κ2) is 10.5. The second-order valence-corrected chi connectivity index (χ2v) is 4.30. The van der Waals surface area contributed by atoms with Crippen molar-refractivity contribution in [3.8, 4) is 0 Å². The van der Waals surface area contributed by atoms with Gasteiger partial charge in [0, 0.05) is 11.2 Å². The minimum Gasteiger partial charge on any atom is -0.379 e. The summed E-state index contributed by atoms with van der Waals surface area (Å²) in [6.45, 7) is 5.65. The molecule has 0 fully saturated rings. The zero-order valence-corrected chi connectivity index (χ0v) is 10.5. The molecule has 0 aromatic carbocycles. The van der Waals surface area contributed by atoms with E-state index in [1.807, 2.05) is 0 Å². The lowest BCUT2D eigenvalue weighted by atomic mass is 10.0. The predicted octanol–water partition coefficient (Wildman–Crippen LogP) is 2.89. The van der Waals surface area contributed by atoms with Crippen LogP contribution in [-0.4, -0.2) is 24.7 Å². The number of hydrogen-bond acceptors (Lipinski definition) is 3. The summed E-state index contributed by atoms with van der Waals surface area (Å²) < 4.78 is 20.0. The highest BCUT2D eigenvalue weighted by atomic mass is 31.1. The lowest BCUT2D eigenvalue weighted by molar-refractivity contribution is 0.0690. The smallest absolute Gasteiger partial charge is 0.379 e. The summed E-state index contributed by atoms with van der Waals surface area (Å²) in [7, 11) is -2.48. The van der Waals surface area contributed by atoms with E-state index in [4.69, 9.17) is 9.63 Å². The molecule has 0 saturated heterocycles. The van der Waals surface area contributed by atoms with Crippen LogP contribution < -0.4 is 0 Å². The molecule has 5 heteroatoms. The molecule has 0 radical (unpaired) electrons. The normalized spacial score (nSPS) is 13.9. The number of rotatable bonds is 10. The lowest BCUT2D eigenvalue weighted by Gasteiger charge is -2.13. The van der Waals surface area contributed by atoms with Crippen LogP contribution in [0, 0.1) is 5.92 Å². The summed E-state index contributed by atoms with van der Waals surface area (Å²) in [5.41, 5.74) is 0. The van der Waals surface area contributed by atoms with Gasteiger partial charge in [0.25, 0.3) is 0 Å². The van der Waals surface area contributed by atoms with E-state index in [-0.39, 0.29) is 6.61 Å². The maximum atomic E-state index is 10.2. The average Bonchev–Trinajstić information content (AvgIpc) is 2.21. The zero-order chi connectivity index (χ0) is 11.5. The molecule has 0 saturated carbocycles. The molecule has 0 aromatic rings. The van der Waals surface area contributed by atoms with Crippen molar-refractivity contribution in [2.75, 3.05) is 19.8 Å². The van der Waals surface area contributed by atoms with Gasteiger partial charge in [0.2, 0.25) is 0 Å². The summed E-state index contributed by atoms with van der Waals surface area (Å²) in [5, 5.41) is 0. The summed E-state index contributed by atoms with van der Waals surface area (Å²) in [6.07, 6.45) is 4.77. The van der Waals surface area contributed by atoms with Crippen LogP contribution in [0.4, 0.5) is 0 Å². The van der Waals surface area contributed by atoms with Crippen LogP contribution in [-0.2, 0) is 13.8 Å². The van der Waals surface area contributed by atoms with E-state index in [0.29, 0.717) is 12.5 Å². The first-order valence-electron chi connectivity index (χ1n) is 5.57. The third-order valence-electron chi connectivity index (χ3n) is 2.33. The summed E-state index contributed by atoms with van der Waals surface area (Å²) in [5.74, 6) is 0.604. The molecule has 0 aromatic heterocycles. The number of unbranched alkanes of at least 4 members (excludes halogenated alkanes) is 1. The largest absolute Gasteiger partial charge is 0.694 e. The van der Waals surface area contributed by atoms with Crippen LogP contribution >= 0.6 is 8.25 Å². The van der Waals surface area contributed by atoms with E-state index in [1.54, 1.807) is 0 Å². The van der Waals surface area contributed by atoms with Gasteiger partial charge < -0.3 is 4.74 Å². The Labute approximate surface area is 92.9 Å². The first-order valence-corrected chi connectivity index (χ1v) is 6.70. The molecule has 90 valence electrons. The van der Waals surface area contributed by atoms with Crippen molar-refractivity contribution in [1.82, 2.24) is 0 Å². The minimum atomic E-state index is -2.48. The Balaban J connectivity index is 3.33. The Bertz CT molecular complexity index is 164. The molecule has 0 aliphatic carbocycles. The molecule has 1 N–H and O–H groups in total. The molecule has 0 bridgehead atoms. The van der Waals surface area contributed by atoms with Gasteiger partial charge in [-0.3, -0.25) is 0 Å². The Morgan fingerprint density at radius 1 is 1.33 bits per heavy atom. The van der Waals surface area contributed by atoms with Crippen molar-refractivity contribution in [2.24, 2.45) is 5.92 Å². The molecular formula is C10H22O4P+. The van der Waals surface area contributed by atoms with Crippen LogP contribution in [0.1, 0.15) is 39.5 Å². The van der Waals surface area contributed by atoms with Crippen LogP contribution in [0.3, 0.4) is 0 Å². The van der Waals surface area contributed by atoms with E-state index < -0.39 is 8.25 Å². The first-order chi connectivity index (χ1) is 7.20. The van der Waals surface area contributed by atoms with Crippen molar-refractivity contribution >= 4 is 8.25 Å². The van der Waals surface area contributed by atoms with E-state index in [9.17, 15) is 4.57 Å². The fourth-order valence-electron chi connectivity index (χ4n) is 1.32. The van der Waals surface area contributed by atoms with Gasteiger partial charge in [0.1, 0.15) is 6.61 Å². The van der Waals surface area contributed by atoms with Crippen LogP contribution in [0.5, 0.6) is 0 Å². The third-order valence-corrected chi connectivity index (χ3v) is 2.73. The molecule has 0 aliphatic heterocycles. The minimum absolute atomic E-state index is 0.190. The molecule has 0 spiro atoms. The standard InChI is InChI=1S/C10H21O4P/c1-3-5-6-10(4-2)9-13-7-8-14-15(11)12/h10H,3-9H2,1-2H3/p+1. The van der Waals surface area contributed by atoms with Gasteiger partial charge in [-0.05, 0) is 12.3 Å². The van der Waals surface area contributed by atoms with Gasteiger partial charge in [-0.1, -0.05) is 33.1 Å². The van der Waals surface area contributed by atoms with Gasteiger partial charge >= 0.3 is 8.25 Å². The first kappa shape index (κ1) is 15.0. The van der Waals surface area contributed by atoms with Crippen molar-refractivity contribution < 1.29 is 18.7 Å². The highest BCUT2D eigenvalue weighted by molar-refractivity contribution is 7.32. The fourth-order valence-corrected chi connectivity index (χ4v) is 1.55. The SMILES string of the molecule is CCCCC(CC)COCCO[P+](=O)O. The molecular weight excluding hydrogens is 215 g/mol. The Morgan fingerprint density at radius 2 is 2.07 bits per heavy atom. The van der Waals surface area contributed by atoms with Crippen molar-refractivity contribution in [2.45, 2.75) is 39.5 Å². The summed E-state index contributed by atoms with van der Waals surface area (Å²) >= 11 is 0. The lowest BCUT2D eigenvalue weighted by Crippen LogP contribution is -2.11. The molecule has 0 heterocycles. The molecule has 0 rings (SSSR count). The monoisotopic (exact) mass is 237 g/mol. The van der Waals surface area contributed by atoms with Crippen molar-refractivity contribution in [1.29, 1.82) is 0 Å². The summed E-state index contributed by atoms with van der Waals surface area (Å²) in [6, 6.07) is 0. The van der Waals surface area contributed by atoms with E-state index in [1.165, 1.54) is 19.3 Å². The Kier molecular flexibility index (Phi) is 10.5. The Morgan fingerprint density at radius 3 is 2.60 bits per heavy atom. The molecule has 0 amide bonds. The van der Waals surface area contributed by atoms with E-state index in [2.05, 4.69) is 18.4 Å². The summed E-state index contributed by atoms with van der Waals surface area (Å²) in [4.78, 5) is 8.35. The van der Waals surface area contributed by atoms with Crippen LogP contribution in [0.15, 0.2) is 0 Å². The quantitative estimate of drug-likeness (QED) is 0.469. The van der Waals surface area contributed by atoms with Gasteiger partial charge in [0.05, 0.1) is 6.61 Å². The maximum absolute atomic E-state index is 10.2. The molecule has 15 heavy (non-hydrogen) atoms. The second-order valence-electron chi connectivity index (χ2n) is 3.56. The third kappa shape index (κ3) is 10.3. The molecule has 4 nitrogen and oxygen atoms in total. The Hall–Kier alpha value is -0.0200. The number of ether oxygens (including phenoxy) is 1. The topological polar surface area (TPSA) is 55.8 Å². The molecule has 2 unspecified atom stereocenters. The zero-order valence-electron chi connectivity index (χ0n) is 9.65. The van der Waals surface area contributed by atoms with Gasteiger partial charge in [-0.15, -0.1) is 9.42 Å². The van der Waals surface area contributed by atoms with Crippen LogP contribution in [0.25, 0.3) is 0 Å². The highest BCUT2D eigenvalue weighted by Crippen LogP contribution is 2.14. The van der Waals surface area contributed by atoms with Gasteiger partial charge in [-0.2, -0.15) is 0 Å². The molecule has 2 atom stereocenters. The van der Waals surface area contributed by atoms with E-state index >= 15 is 0 Å². The average molecular weight is 237 g/mol. The van der Waals surface area contributed by atoms with Gasteiger partial charge in [0.15, 0.2) is 0 Å². The van der Waals surface area contributed by atoms with Crippen molar-refractivity contribution in [3.05, 3.63) is 0 Å². The predicted molar refractivity (Wildman–Crippen MR) is 59.9 cm³/mol. The van der Waals surface area contributed by atoms with E-state index in [0.717, 1.165) is 13.0 Å². The molecule has 0 aliphatic rings. The number of hydrogen-bond donors (Lipinski definition) is 1. The van der Waals surface area contributed by atoms with Gasteiger partial charge in [-0.25, -0.2) is 0 Å². The highest BCUT2D eigenvalue weighted by Gasteiger charge is 2.11. The van der Waals surface area contributed by atoms with Crippen LogP contribution in [0.2, 0.25) is 0 Å². The fraction of sp³-hybridized carbons (Fsp3) is 1.00. The van der Waals surface area contributed by atoms with Crippen molar-refractivity contribution in [3.63, 3.8) is 0 Å².